The summed E-state index contributed by atoms with van der Waals surface area (Å²) in [6, 6.07) is 1.16. The van der Waals surface area contributed by atoms with E-state index in [1.807, 2.05) is 4.90 Å². The van der Waals surface area contributed by atoms with Gasteiger partial charge in [-0.2, -0.15) is 11.8 Å². The van der Waals surface area contributed by atoms with E-state index in [0.717, 1.165) is 25.9 Å². The summed E-state index contributed by atoms with van der Waals surface area (Å²) in [4.78, 5) is 13.7. The van der Waals surface area contributed by atoms with Gasteiger partial charge in [0.15, 0.2) is 0 Å². The van der Waals surface area contributed by atoms with Gasteiger partial charge in [-0.1, -0.05) is 13.8 Å². The van der Waals surface area contributed by atoms with E-state index in [2.05, 4.69) is 30.9 Å². The third kappa shape index (κ3) is 4.12. The topological polar surface area (TPSA) is 41.6 Å². The van der Waals surface area contributed by atoms with Crippen LogP contribution < -0.4 is 5.32 Å². The van der Waals surface area contributed by atoms with Gasteiger partial charge in [-0.25, -0.2) is 0 Å². The van der Waals surface area contributed by atoms with Gasteiger partial charge in [0, 0.05) is 38.0 Å². The highest BCUT2D eigenvalue weighted by Gasteiger charge is 2.34. The third-order valence-corrected chi connectivity index (χ3v) is 5.73. The number of piperidine rings is 1. The zero-order valence-electron chi connectivity index (χ0n) is 13.0. The number of rotatable bonds is 4. The van der Waals surface area contributed by atoms with E-state index < -0.39 is 0 Å². The molecule has 2 heterocycles. The molecule has 0 aromatic carbocycles. The number of nitrogens with zero attached hydrogens (tertiary/aromatic N) is 1. The zero-order chi connectivity index (χ0) is 14.6. The number of ether oxygens (including phenoxy) is 1. The molecule has 0 bridgehead atoms. The minimum atomic E-state index is 0.125. The van der Waals surface area contributed by atoms with E-state index in [4.69, 9.17) is 4.74 Å². The fraction of sp³-hybridized carbons (Fsp3) is 0.933. The second-order valence-electron chi connectivity index (χ2n) is 6.62. The van der Waals surface area contributed by atoms with Crippen LogP contribution in [-0.4, -0.2) is 61.2 Å². The highest BCUT2D eigenvalue weighted by molar-refractivity contribution is 7.99. The van der Waals surface area contributed by atoms with E-state index in [1.165, 1.54) is 17.9 Å². The molecular formula is C15H28N2O2S. The molecule has 2 fully saturated rings. The molecule has 2 aliphatic heterocycles. The minimum absolute atomic E-state index is 0.125. The summed E-state index contributed by atoms with van der Waals surface area (Å²) in [5, 5.41) is 3.85. The predicted octanol–water partition coefficient (Wildman–Crippen LogP) is 1.75. The minimum Gasteiger partial charge on any atom is -0.375 e. The van der Waals surface area contributed by atoms with Crippen LogP contribution in [0.3, 0.4) is 0 Å². The van der Waals surface area contributed by atoms with Crippen molar-refractivity contribution in [3.05, 3.63) is 0 Å². The molecule has 0 radical (unpaired) electrons. The van der Waals surface area contributed by atoms with Crippen molar-refractivity contribution in [2.24, 2.45) is 5.41 Å². The Balaban J connectivity index is 1.78. The lowest BCUT2D eigenvalue weighted by Gasteiger charge is -2.42. The number of hydrogen-bond donors (Lipinski definition) is 1. The first-order chi connectivity index (χ1) is 9.53. The van der Waals surface area contributed by atoms with Crippen LogP contribution >= 0.6 is 11.8 Å². The molecule has 0 aliphatic carbocycles. The van der Waals surface area contributed by atoms with Crippen LogP contribution in [0.2, 0.25) is 0 Å². The molecule has 4 nitrogen and oxygen atoms in total. The van der Waals surface area contributed by atoms with E-state index in [1.54, 1.807) is 7.11 Å². The Hall–Kier alpha value is -0.260. The Bertz CT molecular complexity index is 328. The third-order valence-electron chi connectivity index (χ3n) is 4.67. The number of likely N-dealkylation sites (tertiary alicyclic amines) is 1. The fourth-order valence-electron chi connectivity index (χ4n) is 3.00. The van der Waals surface area contributed by atoms with Crippen LogP contribution in [0, 0.1) is 5.41 Å². The molecule has 2 saturated heterocycles. The SMILES string of the molecule is COCC(=O)N1CCC(NC2CSCCC2(C)C)CC1. The maximum Gasteiger partial charge on any atom is 0.248 e. The number of methoxy groups -OCH3 is 1. The van der Waals surface area contributed by atoms with Crippen LogP contribution in [0.15, 0.2) is 0 Å². The van der Waals surface area contributed by atoms with Crippen LogP contribution in [0.25, 0.3) is 0 Å². The molecule has 1 N–H and O–H groups in total. The van der Waals surface area contributed by atoms with Gasteiger partial charge in [-0.05, 0) is 30.4 Å². The second kappa shape index (κ2) is 7.14. The van der Waals surface area contributed by atoms with Crippen molar-refractivity contribution < 1.29 is 9.53 Å². The molecule has 2 aliphatic rings. The molecule has 2 rings (SSSR count). The number of thioether (sulfide) groups is 1. The van der Waals surface area contributed by atoms with E-state index in [0.29, 0.717) is 17.5 Å². The van der Waals surface area contributed by atoms with Gasteiger partial charge in [-0.3, -0.25) is 4.79 Å². The smallest absolute Gasteiger partial charge is 0.248 e. The number of amides is 1. The van der Waals surface area contributed by atoms with E-state index in [9.17, 15) is 4.79 Å². The molecule has 1 atom stereocenters. The first-order valence-electron chi connectivity index (χ1n) is 7.63. The van der Waals surface area contributed by atoms with Crippen molar-refractivity contribution in [3.63, 3.8) is 0 Å². The summed E-state index contributed by atoms with van der Waals surface area (Å²) >= 11 is 2.06. The average Bonchev–Trinajstić information content (AvgIpc) is 2.42. The van der Waals surface area contributed by atoms with Crippen LogP contribution in [0.4, 0.5) is 0 Å². The molecule has 5 heteroatoms. The molecule has 1 unspecified atom stereocenters. The van der Waals surface area contributed by atoms with Crippen molar-refractivity contribution >= 4 is 17.7 Å². The van der Waals surface area contributed by atoms with E-state index in [-0.39, 0.29) is 12.5 Å². The van der Waals surface area contributed by atoms with Crippen LogP contribution in [0.5, 0.6) is 0 Å². The standard InChI is InChI=1S/C15H28N2O2S/c1-15(2)6-9-20-11-13(15)16-12-4-7-17(8-5-12)14(18)10-19-3/h12-13,16H,4-11H2,1-3H3. The average molecular weight is 300 g/mol. The fourth-order valence-corrected chi connectivity index (χ4v) is 4.62. The summed E-state index contributed by atoms with van der Waals surface area (Å²) in [6.45, 7) is 6.69. The van der Waals surface area contributed by atoms with E-state index >= 15 is 0 Å². The lowest BCUT2D eigenvalue weighted by molar-refractivity contribution is -0.136. The Morgan fingerprint density at radius 2 is 2.10 bits per heavy atom. The quantitative estimate of drug-likeness (QED) is 0.859. The summed E-state index contributed by atoms with van der Waals surface area (Å²) in [5.41, 5.74) is 0.397. The highest BCUT2D eigenvalue weighted by atomic mass is 32.2. The molecular weight excluding hydrogens is 272 g/mol. The van der Waals surface area contributed by atoms with Gasteiger partial charge in [0.25, 0.3) is 0 Å². The van der Waals surface area contributed by atoms with Crippen molar-refractivity contribution in [3.8, 4) is 0 Å². The number of carbonyl (C=O) groups is 1. The first kappa shape index (κ1) is 16.1. The van der Waals surface area contributed by atoms with Gasteiger partial charge in [0.1, 0.15) is 6.61 Å². The van der Waals surface area contributed by atoms with Gasteiger partial charge < -0.3 is 15.0 Å². The summed E-state index contributed by atoms with van der Waals surface area (Å²) in [7, 11) is 1.58. The van der Waals surface area contributed by atoms with Gasteiger partial charge in [0.05, 0.1) is 0 Å². The molecule has 20 heavy (non-hydrogen) atoms. The Morgan fingerprint density at radius 3 is 2.70 bits per heavy atom. The second-order valence-corrected chi connectivity index (χ2v) is 7.77. The highest BCUT2D eigenvalue weighted by Crippen LogP contribution is 2.34. The number of carbonyl (C=O) groups excluding carboxylic acids is 1. The lowest BCUT2D eigenvalue weighted by Crippen LogP contribution is -2.54. The molecule has 1 amide bonds. The Morgan fingerprint density at radius 1 is 1.40 bits per heavy atom. The summed E-state index contributed by atoms with van der Waals surface area (Å²) < 4.78 is 4.92. The van der Waals surface area contributed by atoms with Gasteiger partial charge in [-0.15, -0.1) is 0 Å². The largest absolute Gasteiger partial charge is 0.375 e. The predicted molar refractivity (Wildman–Crippen MR) is 84.1 cm³/mol. The summed E-state index contributed by atoms with van der Waals surface area (Å²) in [5.74, 6) is 2.63. The van der Waals surface area contributed by atoms with Crippen molar-refractivity contribution in [2.75, 3.05) is 38.3 Å². The maximum absolute atomic E-state index is 11.8. The number of hydrogen-bond acceptors (Lipinski definition) is 4. The van der Waals surface area contributed by atoms with Crippen LogP contribution in [-0.2, 0) is 9.53 Å². The van der Waals surface area contributed by atoms with Crippen molar-refractivity contribution in [1.82, 2.24) is 10.2 Å². The van der Waals surface area contributed by atoms with Crippen molar-refractivity contribution in [1.29, 1.82) is 0 Å². The Kier molecular flexibility index (Phi) is 5.75. The lowest BCUT2D eigenvalue weighted by atomic mass is 9.81. The van der Waals surface area contributed by atoms with Crippen molar-refractivity contribution in [2.45, 2.75) is 45.2 Å². The van der Waals surface area contributed by atoms with Gasteiger partial charge in [0.2, 0.25) is 5.91 Å². The van der Waals surface area contributed by atoms with Gasteiger partial charge >= 0.3 is 0 Å². The Labute approximate surface area is 127 Å². The normalized spacial score (nSPS) is 27.6. The monoisotopic (exact) mass is 300 g/mol. The zero-order valence-corrected chi connectivity index (χ0v) is 13.8. The first-order valence-corrected chi connectivity index (χ1v) is 8.79. The maximum atomic E-state index is 11.8. The number of nitrogens with one attached hydrogen (secondary N) is 1. The molecule has 116 valence electrons. The molecule has 0 spiro atoms. The summed E-state index contributed by atoms with van der Waals surface area (Å²) in [6.07, 6.45) is 3.42. The molecule has 0 saturated carbocycles. The molecule has 0 aromatic rings. The molecule has 0 aromatic heterocycles. The van der Waals surface area contributed by atoms with Crippen LogP contribution in [0.1, 0.15) is 33.1 Å².